The van der Waals surface area contributed by atoms with Gasteiger partial charge in [-0.05, 0) is 26.3 Å². The van der Waals surface area contributed by atoms with Crippen molar-refractivity contribution in [3.63, 3.8) is 0 Å². The molecule has 2 aromatic rings. The Balaban J connectivity index is 2.03. The second kappa shape index (κ2) is 6.94. The Bertz CT molecular complexity index is 649. The van der Waals surface area contributed by atoms with Gasteiger partial charge >= 0.3 is 5.97 Å². The summed E-state index contributed by atoms with van der Waals surface area (Å²) in [7, 11) is 0. The Morgan fingerprint density at radius 2 is 2.05 bits per heavy atom. The molecule has 0 radical (unpaired) electrons. The van der Waals surface area contributed by atoms with Crippen LogP contribution in [-0.2, 0) is 4.74 Å². The summed E-state index contributed by atoms with van der Waals surface area (Å²) in [6.45, 7) is 5.98. The Hall–Kier alpha value is -2.28. The molecule has 0 atom stereocenters. The molecular formula is C14H16N4O2S. The van der Waals surface area contributed by atoms with Gasteiger partial charge in [0.1, 0.15) is 0 Å². The van der Waals surface area contributed by atoms with E-state index in [2.05, 4.69) is 20.7 Å². The first-order valence-corrected chi connectivity index (χ1v) is 7.29. The summed E-state index contributed by atoms with van der Waals surface area (Å²) >= 11 is 1.11. The van der Waals surface area contributed by atoms with Crippen LogP contribution >= 0.6 is 11.3 Å². The Labute approximate surface area is 126 Å². The third-order valence-electron chi connectivity index (χ3n) is 2.66. The molecule has 0 spiro atoms. The molecule has 0 amide bonds. The van der Waals surface area contributed by atoms with Crippen LogP contribution in [0, 0.1) is 6.92 Å². The summed E-state index contributed by atoms with van der Waals surface area (Å²) in [4.78, 5) is 11.5. The third kappa shape index (κ3) is 4.09. The summed E-state index contributed by atoms with van der Waals surface area (Å²) in [6.07, 6.45) is 0. The van der Waals surface area contributed by atoms with Crippen LogP contribution < -0.4 is 5.43 Å². The number of nitrogens with zero attached hydrogens (tertiary/aromatic N) is 3. The highest BCUT2D eigenvalue weighted by Crippen LogP contribution is 2.16. The molecule has 0 fully saturated rings. The molecule has 110 valence electrons. The van der Waals surface area contributed by atoms with Gasteiger partial charge in [0.15, 0.2) is 0 Å². The number of rotatable bonds is 5. The highest BCUT2D eigenvalue weighted by atomic mass is 32.1. The maximum atomic E-state index is 11.5. The predicted octanol–water partition coefficient (Wildman–Crippen LogP) is 2.86. The average molecular weight is 304 g/mol. The number of carbonyl (C=O) groups is 1. The third-order valence-corrected chi connectivity index (χ3v) is 3.47. The first-order valence-electron chi connectivity index (χ1n) is 6.48. The minimum atomic E-state index is -0.470. The Morgan fingerprint density at radius 3 is 2.71 bits per heavy atom. The first-order chi connectivity index (χ1) is 10.1. The zero-order chi connectivity index (χ0) is 15.2. The van der Waals surface area contributed by atoms with Gasteiger partial charge in [0.25, 0.3) is 0 Å². The van der Waals surface area contributed by atoms with E-state index in [1.54, 1.807) is 6.92 Å². The van der Waals surface area contributed by atoms with Crippen molar-refractivity contribution >= 4 is 28.1 Å². The maximum Gasteiger partial charge on any atom is 0.369 e. The molecule has 6 nitrogen and oxygen atoms in total. The lowest BCUT2D eigenvalue weighted by Crippen LogP contribution is -2.03. The van der Waals surface area contributed by atoms with Crippen LogP contribution in [0.5, 0.6) is 0 Å². The number of aromatic nitrogens is 2. The van der Waals surface area contributed by atoms with Crippen molar-refractivity contribution in [3.8, 4) is 0 Å². The number of anilines is 1. The van der Waals surface area contributed by atoms with Gasteiger partial charge < -0.3 is 4.74 Å². The summed E-state index contributed by atoms with van der Waals surface area (Å²) in [5.41, 5.74) is 5.84. The second-order valence-electron chi connectivity index (χ2n) is 4.31. The van der Waals surface area contributed by atoms with E-state index in [1.165, 1.54) is 5.56 Å². The van der Waals surface area contributed by atoms with E-state index in [0.29, 0.717) is 11.7 Å². The van der Waals surface area contributed by atoms with Crippen LogP contribution in [0.3, 0.4) is 0 Å². The van der Waals surface area contributed by atoms with Crippen LogP contribution in [0.4, 0.5) is 5.13 Å². The van der Waals surface area contributed by atoms with E-state index >= 15 is 0 Å². The zero-order valence-electron chi connectivity index (χ0n) is 12.1. The van der Waals surface area contributed by atoms with Crippen molar-refractivity contribution in [2.24, 2.45) is 5.10 Å². The van der Waals surface area contributed by atoms with Crippen LogP contribution in [0.15, 0.2) is 29.4 Å². The lowest BCUT2D eigenvalue weighted by atomic mass is 10.1. The smallest absolute Gasteiger partial charge is 0.369 e. The quantitative estimate of drug-likeness (QED) is 0.522. The molecular weight excluding hydrogens is 288 g/mol. The van der Waals surface area contributed by atoms with E-state index in [0.717, 1.165) is 22.6 Å². The Morgan fingerprint density at radius 1 is 1.33 bits per heavy atom. The highest BCUT2D eigenvalue weighted by Gasteiger charge is 2.13. The normalized spacial score (nSPS) is 11.3. The number of nitrogens with one attached hydrogen (secondary N) is 1. The van der Waals surface area contributed by atoms with E-state index < -0.39 is 5.97 Å². The topological polar surface area (TPSA) is 76.5 Å². The molecule has 0 aliphatic heterocycles. The van der Waals surface area contributed by atoms with Gasteiger partial charge in [-0.15, -0.1) is 10.2 Å². The molecule has 0 bridgehead atoms. The molecule has 7 heteroatoms. The van der Waals surface area contributed by atoms with Gasteiger partial charge in [-0.1, -0.05) is 41.2 Å². The SMILES string of the molecule is CCOC(=O)c1nnc(N/N=C(\C)c2ccc(C)cc2)s1. The minimum Gasteiger partial charge on any atom is -0.461 e. The van der Waals surface area contributed by atoms with Gasteiger partial charge in [-0.25, -0.2) is 4.79 Å². The van der Waals surface area contributed by atoms with Gasteiger partial charge in [0, 0.05) is 0 Å². The van der Waals surface area contributed by atoms with E-state index in [9.17, 15) is 4.79 Å². The van der Waals surface area contributed by atoms with E-state index in [1.807, 2.05) is 38.1 Å². The first kappa shape index (κ1) is 15.1. The van der Waals surface area contributed by atoms with Gasteiger partial charge in [-0.3, -0.25) is 5.43 Å². The fourth-order valence-electron chi connectivity index (χ4n) is 1.53. The minimum absolute atomic E-state index is 0.211. The number of esters is 1. The summed E-state index contributed by atoms with van der Waals surface area (Å²) in [6, 6.07) is 8.05. The van der Waals surface area contributed by atoms with Crippen molar-refractivity contribution < 1.29 is 9.53 Å². The molecule has 21 heavy (non-hydrogen) atoms. The molecule has 1 N–H and O–H groups in total. The van der Waals surface area contributed by atoms with Crippen molar-refractivity contribution in [3.05, 3.63) is 40.4 Å². The largest absolute Gasteiger partial charge is 0.461 e. The molecule has 0 aliphatic carbocycles. The lowest BCUT2D eigenvalue weighted by Gasteiger charge is -2.01. The fraction of sp³-hybridized carbons (Fsp3) is 0.286. The van der Waals surface area contributed by atoms with Crippen molar-refractivity contribution in [1.82, 2.24) is 10.2 Å². The number of benzene rings is 1. The fourth-order valence-corrected chi connectivity index (χ4v) is 2.11. The van der Waals surface area contributed by atoms with Crippen LogP contribution in [0.1, 0.15) is 34.8 Å². The summed E-state index contributed by atoms with van der Waals surface area (Å²) < 4.78 is 4.85. The number of hydrazone groups is 1. The highest BCUT2D eigenvalue weighted by molar-refractivity contribution is 7.17. The number of ether oxygens (including phenoxy) is 1. The Kier molecular flexibility index (Phi) is 4.99. The van der Waals surface area contributed by atoms with Gasteiger partial charge in [-0.2, -0.15) is 5.10 Å². The predicted molar refractivity (Wildman–Crippen MR) is 82.9 cm³/mol. The molecule has 0 saturated heterocycles. The molecule has 1 heterocycles. The maximum absolute atomic E-state index is 11.5. The van der Waals surface area contributed by atoms with Crippen molar-refractivity contribution in [2.45, 2.75) is 20.8 Å². The molecule has 0 saturated carbocycles. The number of hydrogen-bond donors (Lipinski definition) is 1. The second-order valence-corrected chi connectivity index (χ2v) is 5.29. The van der Waals surface area contributed by atoms with Crippen LogP contribution in [0.25, 0.3) is 0 Å². The molecule has 1 aromatic carbocycles. The molecule has 0 aliphatic rings. The van der Waals surface area contributed by atoms with E-state index in [4.69, 9.17) is 4.74 Å². The number of carbonyl (C=O) groups excluding carboxylic acids is 1. The molecule has 2 rings (SSSR count). The standard InChI is InChI=1S/C14H16N4O2S/c1-4-20-13(19)12-16-18-14(21-12)17-15-10(3)11-7-5-9(2)6-8-11/h5-8H,4H2,1-3H3,(H,17,18)/b15-10+. The van der Waals surface area contributed by atoms with Gasteiger partial charge in [0.05, 0.1) is 12.3 Å². The summed E-state index contributed by atoms with van der Waals surface area (Å²) in [5.74, 6) is -0.470. The summed E-state index contributed by atoms with van der Waals surface area (Å²) in [5, 5.41) is 12.5. The molecule has 0 unspecified atom stereocenters. The van der Waals surface area contributed by atoms with Gasteiger partial charge in [0.2, 0.25) is 10.1 Å². The number of aryl methyl sites for hydroxylation is 1. The van der Waals surface area contributed by atoms with Crippen LogP contribution in [-0.4, -0.2) is 28.5 Å². The molecule has 1 aromatic heterocycles. The van der Waals surface area contributed by atoms with Crippen LogP contribution in [0.2, 0.25) is 0 Å². The average Bonchev–Trinajstić information content (AvgIpc) is 2.95. The monoisotopic (exact) mass is 304 g/mol. The number of hydrogen-bond acceptors (Lipinski definition) is 7. The van der Waals surface area contributed by atoms with Crippen molar-refractivity contribution in [2.75, 3.05) is 12.0 Å². The van der Waals surface area contributed by atoms with Crippen molar-refractivity contribution in [1.29, 1.82) is 0 Å². The zero-order valence-corrected chi connectivity index (χ0v) is 12.9. The lowest BCUT2D eigenvalue weighted by molar-refractivity contribution is 0.0525. The van der Waals surface area contributed by atoms with E-state index in [-0.39, 0.29) is 5.01 Å².